The highest BCUT2D eigenvalue weighted by molar-refractivity contribution is 7.48. The van der Waals surface area contributed by atoms with Gasteiger partial charge in [-0.1, -0.05) is 58.0 Å². The maximum atomic E-state index is 12.9. The lowest BCUT2D eigenvalue weighted by Gasteiger charge is -2.39. The fourth-order valence-corrected chi connectivity index (χ4v) is 5.18. The third kappa shape index (κ3) is 12.6. The van der Waals surface area contributed by atoms with Crippen LogP contribution >= 0.6 is 7.82 Å². The van der Waals surface area contributed by atoms with Gasteiger partial charge in [0.15, 0.2) is 6.10 Å². The molecule has 0 spiro atoms. The second-order valence-corrected chi connectivity index (χ2v) is 12.4. The Labute approximate surface area is 256 Å². The van der Waals surface area contributed by atoms with Crippen molar-refractivity contribution in [1.82, 2.24) is 10.6 Å². The normalized spacial score (nSPS) is 19.7. The zero-order valence-electron chi connectivity index (χ0n) is 25.5. The molecule has 2 N–H and O–H groups in total. The Morgan fingerprint density at radius 1 is 1.02 bits per heavy atom. The minimum atomic E-state index is -4.26. The number of methoxy groups -OCH3 is 1. The number of phosphoric ester groups is 1. The number of hydrogen-bond acceptors (Lipinski definition) is 13. The number of ether oxygens (including phenoxy) is 4. The number of phosphoric acid groups is 1. The molecule has 1 aromatic rings. The van der Waals surface area contributed by atoms with Gasteiger partial charge >= 0.3 is 31.8 Å². The standard InChI is InChI=1S/C28H41N2O13P/c1-19(2)23(30-27(35)39-16-20-10-7-6-8-11-20)26(34)38-15-9-12-22(32)40-18-42-44(36)41-17-28(3,4)24(43-44)25(33)29-14-13-21(31)37-5/h6-8,10-11,19,23-24H,9,12-18H2,1-5H3,(H,29,33)(H,30,35)/t23-,24-,44-/m0/s1. The van der Waals surface area contributed by atoms with Crippen LogP contribution in [0.15, 0.2) is 30.3 Å². The number of hydrogen-bond donors (Lipinski definition) is 2. The van der Waals surface area contributed by atoms with Crippen LogP contribution in [0.2, 0.25) is 0 Å². The van der Waals surface area contributed by atoms with Gasteiger partial charge in [-0.15, -0.1) is 0 Å². The van der Waals surface area contributed by atoms with E-state index in [1.807, 2.05) is 18.2 Å². The van der Waals surface area contributed by atoms with E-state index in [4.69, 9.17) is 27.8 Å². The Hall–Kier alpha value is -3.52. The lowest BCUT2D eigenvalue weighted by Crippen LogP contribution is -2.50. The Bertz CT molecular complexity index is 1180. The van der Waals surface area contributed by atoms with E-state index in [2.05, 4.69) is 15.4 Å². The number of rotatable bonds is 16. The molecular formula is C28H41N2O13P. The average Bonchev–Trinajstić information content (AvgIpc) is 2.98. The summed E-state index contributed by atoms with van der Waals surface area (Å²) in [6.07, 6.45) is -2.14. The number of benzene rings is 1. The molecule has 1 aliphatic heterocycles. The molecule has 0 saturated carbocycles. The third-order valence-corrected chi connectivity index (χ3v) is 7.58. The Morgan fingerprint density at radius 3 is 2.39 bits per heavy atom. The van der Waals surface area contributed by atoms with Gasteiger partial charge < -0.3 is 29.6 Å². The number of alkyl carbamates (subject to hydrolysis) is 1. The first-order valence-electron chi connectivity index (χ1n) is 14.0. The zero-order valence-corrected chi connectivity index (χ0v) is 26.4. The molecule has 15 nitrogen and oxygen atoms in total. The summed E-state index contributed by atoms with van der Waals surface area (Å²) in [6, 6.07) is 8.09. The van der Waals surface area contributed by atoms with Gasteiger partial charge in [-0.3, -0.25) is 23.4 Å². The van der Waals surface area contributed by atoms with E-state index >= 15 is 0 Å². The summed E-state index contributed by atoms with van der Waals surface area (Å²) in [7, 11) is -3.04. The first-order valence-corrected chi connectivity index (χ1v) is 15.4. The summed E-state index contributed by atoms with van der Waals surface area (Å²) in [5.41, 5.74) is -0.0906. The van der Waals surface area contributed by atoms with Crippen LogP contribution < -0.4 is 10.6 Å². The van der Waals surface area contributed by atoms with E-state index in [-0.39, 0.29) is 51.5 Å². The van der Waals surface area contributed by atoms with Crippen LogP contribution in [-0.2, 0) is 62.9 Å². The zero-order chi connectivity index (χ0) is 32.8. The van der Waals surface area contributed by atoms with Crippen molar-refractivity contribution in [3.05, 3.63) is 35.9 Å². The quantitative estimate of drug-likeness (QED) is 0.0879. The summed E-state index contributed by atoms with van der Waals surface area (Å²) < 4.78 is 48.3. The smallest absolute Gasteiger partial charge is 0.469 e. The van der Waals surface area contributed by atoms with Gasteiger partial charge in [0.2, 0.25) is 12.7 Å². The molecular weight excluding hydrogens is 603 g/mol. The molecule has 0 bridgehead atoms. The Morgan fingerprint density at radius 2 is 1.73 bits per heavy atom. The Kier molecular flexibility index (Phi) is 14.7. The number of carbonyl (C=O) groups excluding carboxylic acids is 5. The summed E-state index contributed by atoms with van der Waals surface area (Å²) in [5.74, 6) is -2.87. The van der Waals surface area contributed by atoms with Crippen LogP contribution in [0.4, 0.5) is 4.79 Å². The van der Waals surface area contributed by atoms with Crippen LogP contribution in [-0.4, -0.2) is 75.7 Å². The molecule has 3 atom stereocenters. The van der Waals surface area contributed by atoms with Crippen LogP contribution in [0.25, 0.3) is 0 Å². The van der Waals surface area contributed by atoms with Crippen LogP contribution in [0, 0.1) is 11.3 Å². The van der Waals surface area contributed by atoms with E-state index in [9.17, 15) is 28.5 Å². The number of amides is 2. The largest absolute Gasteiger partial charge is 0.478 e. The fourth-order valence-electron chi connectivity index (χ4n) is 3.67. The molecule has 246 valence electrons. The van der Waals surface area contributed by atoms with Crippen molar-refractivity contribution in [1.29, 1.82) is 0 Å². The Balaban J connectivity index is 1.70. The van der Waals surface area contributed by atoms with E-state index in [1.54, 1.807) is 39.8 Å². The molecule has 1 saturated heterocycles. The SMILES string of the molecule is COC(=O)CCNC(=O)[C@@H]1O[P@](=O)(OCOC(=O)CCCOC(=O)[C@@H](NC(=O)OCc2ccccc2)C(C)C)OCC1(C)C. The summed E-state index contributed by atoms with van der Waals surface area (Å²) in [6.45, 7) is 5.72. The molecule has 2 rings (SSSR count). The van der Waals surface area contributed by atoms with Crippen molar-refractivity contribution >= 4 is 37.7 Å². The van der Waals surface area contributed by atoms with E-state index in [0.29, 0.717) is 0 Å². The van der Waals surface area contributed by atoms with Crippen molar-refractivity contribution in [2.45, 2.75) is 65.7 Å². The van der Waals surface area contributed by atoms with E-state index in [0.717, 1.165) is 5.56 Å². The van der Waals surface area contributed by atoms with Crippen molar-refractivity contribution in [3.63, 3.8) is 0 Å². The lowest BCUT2D eigenvalue weighted by molar-refractivity contribution is -0.157. The summed E-state index contributed by atoms with van der Waals surface area (Å²) in [4.78, 5) is 60.6. The van der Waals surface area contributed by atoms with Crippen molar-refractivity contribution < 1.29 is 61.1 Å². The maximum absolute atomic E-state index is 12.9. The molecule has 0 unspecified atom stereocenters. The molecule has 16 heteroatoms. The fraction of sp³-hybridized carbons (Fsp3) is 0.607. The molecule has 1 aliphatic rings. The molecule has 0 aromatic heterocycles. The van der Waals surface area contributed by atoms with Gasteiger partial charge in [0, 0.05) is 18.4 Å². The van der Waals surface area contributed by atoms with Gasteiger partial charge in [0.1, 0.15) is 12.6 Å². The highest BCUT2D eigenvalue weighted by Crippen LogP contribution is 2.57. The second kappa shape index (κ2) is 17.7. The van der Waals surface area contributed by atoms with Gasteiger partial charge in [-0.2, -0.15) is 0 Å². The molecule has 2 amide bonds. The maximum Gasteiger partial charge on any atom is 0.478 e. The van der Waals surface area contributed by atoms with Crippen LogP contribution in [0.3, 0.4) is 0 Å². The predicted molar refractivity (Wildman–Crippen MR) is 152 cm³/mol. The molecule has 0 aliphatic carbocycles. The van der Waals surface area contributed by atoms with Crippen molar-refractivity contribution in [2.24, 2.45) is 11.3 Å². The minimum absolute atomic E-state index is 0.0175. The van der Waals surface area contributed by atoms with Crippen molar-refractivity contribution in [3.8, 4) is 0 Å². The summed E-state index contributed by atoms with van der Waals surface area (Å²) >= 11 is 0. The van der Waals surface area contributed by atoms with E-state index < -0.39 is 62.1 Å². The average molecular weight is 645 g/mol. The first-order chi connectivity index (χ1) is 20.8. The van der Waals surface area contributed by atoms with E-state index in [1.165, 1.54) is 7.11 Å². The highest BCUT2D eigenvalue weighted by Gasteiger charge is 2.49. The molecule has 1 heterocycles. The van der Waals surface area contributed by atoms with Gasteiger partial charge in [0.05, 0.1) is 26.7 Å². The number of nitrogens with one attached hydrogen (secondary N) is 2. The van der Waals surface area contributed by atoms with Gasteiger partial charge in [-0.05, 0) is 17.9 Å². The number of esters is 3. The molecule has 0 radical (unpaired) electrons. The third-order valence-electron chi connectivity index (χ3n) is 6.24. The molecule has 1 fully saturated rings. The first kappa shape index (κ1) is 36.7. The second-order valence-electron chi connectivity index (χ2n) is 10.8. The van der Waals surface area contributed by atoms with Gasteiger partial charge in [-0.25, -0.2) is 18.7 Å². The van der Waals surface area contributed by atoms with Crippen molar-refractivity contribution in [2.75, 3.05) is 33.7 Å². The lowest BCUT2D eigenvalue weighted by atomic mass is 9.87. The van der Waals surface area contributed by atoms with Crippen LogP contribution in [0.1, 0.15) is 52.5 Å². The minimum Gasteiger partial charge on any atom is -0.469 e. The molecule has 44 heavy (non-hydrogen) atoms. The van der Waals surface area contributed by atoms with Crippen LogP contribution in [0.5, 0.6) is 0 Å². The topological polar surface area (TPSA) is 191 Å². The molecule has 1 aromatic carbocycles. The monoisotopic (exact) mass is 644 g/mol. The highest BCUT2D eigenvalue weighted by atomic mass is 31.2. The van der Waals surface area contributed by atoms with Gasteiger partial charge in [0.25, 0.3) is 0 Å². The summed E-state index contributed by atoms with van der Waals surface area (Å²) in [5, 5.41) is 5.00. The predicted octanol–water partition coefficient (Wildman–Crippen LogP) is 3.01. The number of carbonyl (C=O) groups is 5.